The summed E-state index contributed by atoms with van der Waals surface area (Å²) in [6.07, 6.45) is 3.09. The number of rotatable bonds is 7. The van der Waals surface area contributed by atoms with Crippen LogP contribution in [0.15, 0.2) is 42.5 Å². The summed E-state index contributed by atoms with van der Waals surface area (Å²) in [5.74, 6) is 0.485. The van der Waals surface area contributed by atoms with Crippen LogP contribution in [0.25, 0.3) is 16.1 Å². The fourth-order valence-electron chi connectivity index (χ4n) is 4.10. The Bertz CT molecular complexity index is 1440. The number of carbonyl (C=O) groups is 1. The van der Waals surface area contributed by atoms with E-state index in [-0.39, 0.29) is 5.01 Å². The average Bonchev–Trinajstić information content (AvgIpc) is 3.39. The van der Waals surface area contributed by atoms with E-state index < -0.39 is 5.97 Å². The van der Waals surface area contributed by atoms with E-state index in [1.54, 1.807) is 0 Å². The standard InChI is InChI=1S/C25H26N5O3PS/c1-15-6-7-17(19(34)12-15)14-33-21-5-3-4-18(26-21)16-8-10-30(11-9-16)13-20-27-22-24(29(20)2)35-23(28-22)25(31)32/h3-8,12H,9-11,13-14,34H2,1-2H3,(H,31,32). The van der Waals surface area contributed by atoms with Crippen LogP contribution in [0.5, 0.6) is 5.88 Å². The third-order valence-corrected chi connectivity index (χ3v) is 7.74. The average molecular weight is 508 g/mol. The Hall–Kier alpha value is -3.13. The van der Waals surface area contributed by atoms with Crippen LogP contribution in [0.2, 0.25) is 0 Å². The predicted molar refractivity (Wildman–Crippen MR) is 140 cm³/mol. The Morgan fingerprint density at radius 3 is 2.80 bits per heavy atom. The van der Waals surface area contributed by atoms with Gasteiger partial charge in [0.05, 0.1) is 12.2 Å². The summed E-state index contributed by atoms with van der Waals surface area (Å²) in [4.78, 5) is 27.7. The van der Waals surface area contributed by atoms with Crippen molar-refractivity contribution in [2.45, 2.75) is 26.5 Å². The van der Waals surface area contributed by atoms with Crippen LogP contribution in [0, 0.1) is 6.92 Å². The molecular weight excluding hydrogens is 481 g/mol. The lowest BCUT2D eigenvalue weighted by Gasteiger charge is -2.25. The zero-order valence-electron chi connectivity index (χ0n) is 19.6. The first kappa shape index (κ1) is 23.6. The third-order valence-electron chi connectivity index (χ3n) is 6.09. The van der Waals surface area contributed by atoms with Gasteiger partial charge < -0.3 is 14.4 Å². The summed E-state index contributed by atoms with van der Waals surface area (Å²) >= 11 is 1.16. The molecule has 1 aliphatic heterocycles. The van der Waals surface area contributed by atoms with Gasteiger partial charge in [-0.15, -0.1) is 9.24 Å². The molecule has 1 aromatic carbocycles. The fourth-order valence-corrected chi connectivity index (χ4v) is 5.37. The van der Waals surface area contributed by atoms with Crippen molar-refractivity contribution in [2.24, 2.45) is 7.05 Å². The first-order chi connectivity index (χ1) is 16.9. The number of ether oxygens (including phenoxy) is 1. The number of hydrogen-bond donors (Lipinski definition) is 1. The molecule has 1 unspecified atom stereocenters. The van der Waals surface area contributed by atoms with Crippen molar-refractivity contribution in [1.82, 2.24) is 24.4 Å². The van der Waals surface area contributed by atoms with Crippen LogP contribution in [0.1, 0.15) is 38.9 Å². The van der Waals surface area contributed by atoms with Crippen LogP contribution in [-0.2, 0) is 20.2 Å². The third kappa shape index (κ3) is 5.12. The summed E-state index contributed by atoms with van der Waals surface area (Å²) in [7, 11) is 4.68. The number of thiazole rings is 1. The molecule has 0 saturated carbocycles. The molecule has 1 N–H and O–H groups in total. The maximum atomic E-state index is 11.2. The molecule has 0 aliphatic carbocycles. The number of aryl methyl sites for hydroxylation is 2. The summed E-state index contributed by atoms with van der Waals surface area (Å²) in [5, 5.41) is 10.4. The number of imidazole rings is 1. The zero-order valence-corrected chi connectivity index (χ0v) is 21.5. The highest BCUT2D eigenvalue weighted by atomic mass is 32.1. The molecule has 0 fully saturated rings. The minimum absolute atomic E-state index is 0.0711. The van der Waals surface area contributed by atoms with Gasteiger partial charge in [-0.3, -0.25) is 4.90 Å². The van der Waals surface area contributed by atoms with Crippen LogP contribution >= 0.6 is 20.6 Å². The van der Waals surface area contributed by atoms with E-state index in [4.69, 9.17) is 14.8 Å². The van der Waals surface area contributed by atoms with Gasteiger partial charge in [-0.05, 0) is 35.9 Å². The van der Waals surface area contributed by atoms with Gasteiger partial charge in [-0.2, -0.15) is 0 Å². The van der Waals surface area contributed by atoms with Gasteiger partial charge in [0.2, 0.25) is 10.9 Å². The molecule has 0 bridgehead atoms. The van der Waals surface area contributed by atoms with E-state index >= 15 is 0 Å². The molecular formula is C25H26N5O3PS. The molecule has 1 atom stereocenters. The second kappa shape index (κ2) is 9.85. The minimum Gasteiger partial charge on any atom is -0.476 e. The van der Waals surface area contributed by atoms with E-state index in [0.29, 0.717) is 24.7 Å². The van der Waals surface area contributed by atoms with Gasteiger partial charge in [0, 0.05) is 26.2 Å². The van der Waals surface area contributed by atoms with Crippen molar-refractivity contribution < 1.29 is 14.6 Å². The van der Waals surface area contributed by atoms with Crippen molar-refractivity contribution in [3.8, 4) is 5.88 Å². The number of carboxylic acid groups (broad SMARTS) is 1. The van der Waals surface area contributed by atoms with Gasteiger partial charge in [0.1, 0.15) is 17.3 Å². The Morgan fingerprint density at radius 1 is 1.23 bits per heavy atom. The molecule has 3 aromatic heterocycles. The molecule has 180 valence electrons. The van der Waals surface area contributed by atoms with Gasteiger partial charge in [-0.1, -0.05) is 47.2 Å². The summed E-state index contributed by atoms with van der Waals surface area (Å²) in [6.45, 7) is 4.90. The molecule has 8 nitrogen and oxygen atoms in total. The molecule has 0 amide bonds. The van der Waals surface area contributed by atoms with Crippen molar-refractivity contribution in [3.63, 3.8) is 0 Å². The van der Waals surface area contributed by atoms with Crippen molar-refractivity contribution >= 4 is 47.9 Å². The van der Waals surface area contributed by atoms with Crippen LogP contribution in [0.3, 0.4) is 0 Å². The maximum Gasteiger partial charge on any atom is 0.365 e. The highest BCUT2D eigenvalue weighted by molar-refractivity contribution is 7.27. The molecule has 5 rings (SSSR count). The van der Waals surface area contributed by atoms with Gasteiger partial charge in [-0.25, -0.2) is 19.7 Å². The van der Waals surface area contributed by atoms with Crippen LogP contribution < -0.4 is 10.0 Å². The van der Waals surface area contributed by atoms with Gasteiger partial charge in [0.15, 0.2) is 5.65 Å². The van der Waals surface area contributed by atoms with Gasteiger partial charge >= 0.3 is 5.97 Å². The van der Waals surface area contributed by atoms with E-state index in [0.717, 1.165) is 58.1 Å². The predicted octanol–water partition coefficient (Wildman–Crippen LogP) is 3.80. The lowest BCUT2D eigenvalue weighted by Crippen LogP contribution is -2.29. The molecule has 4 aromatic rings. The molecule has 1 aliphatic rings. The first-order valence-electron chi connectivity index (χ1n) is 11.3. The van der Waals surface area contributed by atoms with Crippen LogP contribution in [0.4, 0.5) is 0 Å². The van der Waals surface area contributed by atoms with Crippen LogP contribution in [-0.4, -0.2) is 48.6 Å². The second-order valence-electron chi connectivity index (χ2n) is 8.61. The number of nitrogens with zero attached hydrogens (tertiary/aromatic N) is 5. The second-order valence-corrected chi connectivity index (χ2v) is 10.2. The Balaban J connectivity index is 1.23. The Labute approximate surface area is 209 Å². The lowest BCUT2D eigenvalue weighted by molar-refractivity contribution is 0.0696. The Morgan fingerprint density at radius 2 is 2.09 bits per heavy atom. The normalized spacial score (nSPS) is 14.3. The maximum absolute atomic E-state index is 11.2. The number of aromatic nitrogens is 4. The number of aromatic carboxylic acids is 1. The molecule has 0 saturated heterocycles. The molecule has 0 spiro atoms. The largest absolute Gasteiger partial charge is 0.476 e. The fraction of sp³-hybridized carbons (Fsp3) is 0.280. The number of carboxylic acids is 1. The molecule has 0 radical (unpaired) electrons. The van der Waals surface area contributed by atoms with Gasteiger partial charge in [0.25, 0.3) is 0 Å². The minimum atomic E-state index is -1.02. The summed E-state index contributed by atoms with van der Waals surface area (Å²) in [6, 6.07) is 12.2. The van der Waals surface area contributed by atoms with Crippen molar-refractivity contribution in [2.75, 3.05) is 13.1 Å². The zero-order chi connectivity index (χ0) is 24.5. The number of benzene rings is 1. The number of fused-ring (bicyclic) bond motifs is 1. The first-order valence-corrected chi connectivity index (χ1v) is 12.7. The van der Waals surface area contributed by atoms with E-state index in [2.05, 4.69) is 55.3 Å². The highest BCUT2D eigenvalue weighted by Crippen LogP contribution is 2.26. The molecule has 35 heavy (non-hydrogen) atoms. The summed E-state index contributed by atoms with van der Waals surface area (Å²) in [5.41, 5.74) is 5.01. The van der Waals surface area contributed by atoms with E-state index in [1.165, 1.54) is 11.1 Å². The van der Waals surface area contributed by atoms with E-state index in [1.807, 2.05) is 29.8 Å². The smallest absolute Gasteiger partial charge is 0.365 e. The molecule has 10 heteroatoms. The van der Waals surface area contributed by atoms with E-state index in [9.17, 15) is 4.79 Å². The quantitative estimate of drug-likeness (QED) is 0.381. The SMILES string of the molecule is Cc1ccc(COc2cccc(C3=CCN(Cc4nc5nc(C(=O)O)sc5n4C)CC3)n2)c(P)c1. The number of pyridine rings is 1. The monoisotopic (exact) mass is 507 g/mol. The summed E-state index contributed by atoms with van der Waals surface area (Å²) < 4.78 is 7.93. The lowest BCUT2D eigenvalue weighted by atomic mass is 10.0. The molecule has 4 heterocycles. The Kier molecular flexibility index (Phi) is 6.65. The van der Waals surface area contributed by atoms with Crippen molar-refractivity contribution in [1.29, 1.82) is 0 Å². The highest BCUT2D eigenvalue weighted by Gasteiger charge is 2.20. The topological polar surface area (TPSA) is 93.4 Å². The number of hydrogen-bond acceptors (Lipinski definition) is 7. The van der Waals surface area contributed by atoms with Crippen molar-refractivity contribution in [3.05, 3.63) is 70.1 Å².